The lowest BCUT2D eigenvalue weighted by atomic mass is 10.1. The van der Waals surface area contributed by atoms with Crippen LogP contribution in [-0.4, -0.2) is 73.8 Å². The molecule has 0 spiro atoms. The fourth-order valence-corrected chi connectivity index (χ4v) is 2.53. The number of imide groups is 1. The Morgan fingerprint density at radius 3 is 2.61 bits per heavy atom. The monoisotopic (exact) mass is 372 g/mol. The Bertz CT molecular complexity index is 367. The Balaban J connectivity index is 2.12. The van der Waals surface area contributed by atoms with Crippen molar-refractivity contribution in [3.8, 4) is 0 Å². The molecule has 0 radical (unpaired) electrons. The molecule has 0 aromatic carbocycles. The van der Waals surface area contributed by atoms with Crippen LogP contribution in [0.5, 0.6) is 0 Å². The molecule has 1 unspecified atom stereocenters. The van der Waals surface area contributed by atoms with E-state index in [4.69, 9.17) is 9.84 Å². The van der Waals surface area contributed by atoms with Gasteiger partial charge in [-0.2, -0.15) is 0 Å². The van der Waals surface area contributed by atoms with Crippen molar-refractivity contribution < 1.29 is 29.6 Å². The largest absolute Gasteiger partial charge is 0.394 e. The molecule has 2 aliphatic heterocycles. The molecule has 2 fully saturated rings. The second-order valence-corrected chi connectivity index (χ2v) is 5.65. The van der Waals surface area contributed by atoms with Crippen LogP contribution >= 0.6 is 22.6 Å². The van der Waals surface area contributed by atoms with Gasteiger partial charge in [0.05, 0.1) is 6.61 Å². The van der Waals surface area contributed by atoms with Crippen LogP contribution in [0, 0.1) is 0 Å². The number of carbonyl (C=O) groups excluding carboxylic acids is 2. The van der Waals surface area contributed by atoms with Gasteiger partial charge in [-0.05, 0) is 0 Å². The zero-order chi connectivity index (χ0) is 13.4. The number of ether oxygens (including phenoxy) is 1. The predicted molar refractivity (Wildman–Crippen MR) is 65.8 cm³/mol. The molecule has 0 aromatic heterocycles. The number of hydrogen-bond acceptors (Lipinski definition) is 6. The molecule has 0 bridgehead atoms. The molecule has 8 nitrogen and oxygen atoms in total. The Hall–Kier alpha value is -0.490. The zero-order valence-corrected chi connectivity index (χ0v) is 11.4. The molecule has 2 aliphatic rings. The van der Waals surface area contributed by atoms with Crippen molar-refractivity contribution in [2.45, 2.75) is 28.5 Å². The maximum atomic E-state index is 11.6. The van der Waals surface area contributed by atoms with Crippen molar-refractivity contribution in [2.75, 3.05) is 13.2 Å². The highest BCUT2D eigenvalue weighted by Gasteiger charge is 2.48. The summed E-state index contributed by atoms with van der Waals surface area (Å²) in [4.78, 5) is 24.1. The molecule has 2 saturated heterocycles. The van der Waals surface area contributed by atoms with Gasteiger partial charge in [0.25, 0.3) is 0 Å². The van der Waals surface area contributed by atoms with Gasteiger partial charge in [0, 0.05) is 6.54 Å². The van der Waals surface area contributed by atoms with E-state index in [0.717, 1.165) is 4.90 Å². The van der Waals surface area contributed by atoms with E-state index in [0.29, 0.717) is 0 Å². The first-order chi connectivity index (χ1) is 8.45. The van der Waals surface area contributed by atoms with Crippen LogP contribution in [0.25, 0.3) is 0 Å². The Labute approximate surface area is 116 Å². The highest BCUT2D eigenvalue weighted by atomic mass is 127. The summed E-state index contributed by atoms with van der Waals surface area (Å²) in [5, 5.41) is 30.5. The third kappa shape index (κ3) is 2.32. The molecular weight excluding hydrogens is 359 g/mol. The van der Waals surface area contributed by atoms with E-state index in [2.05, 4.69) is 5.32 Å². The van der Waals surface area contributed by atoms with Gasteiger partial charge in [-0.25, -0.2) is 4.79 Å². The van der Waals surface area contributed by atoms with Gasteiger partial charge in [0.1, 0.15) is 22.2 Å². The first kappa shape index (κ1) is 13.9. The van der Waals surface area contributed by atoms with Crippen molar-refractivity contribution in [3.05, 3.63) is 0 Å². The standard InChI is InChI=1S/C9H13IN2O6/c10-3-1-12(9(17)11-7(3)16)8-6(15)5(14)4(2-13)18-8/h3-6,8,13-15H,1-2H2,(H,11,16,17)/t3?,4-,5-,6-,8-/m1/s1. The van der Waals surface area contributed by atoms with Gasteiger partial charge in [-0.15, -0.1) is 0 Å². The lowest BCUT2D eigenvalue weighted by Gasteiger charge is -2.34. The molecule has 0 aliphatic carbocycles. The summed E-state index contributed by atoms with van der Waals surface area (Å²) in [5.41, 5.74) is 0. The summed E-state index contributed by atoms with van der Waals surface area (Å²) in [6.45, 7) is -0.380. The van der Waals surface area contributed by atoms with Crippen molar-refractivity contribution in [2.24, 2.45) is 0 Å². The van der Waals surface area contributed by atoms with Gasteiger partial charge in [0.15, 0.2) is 6.23 Å². The van der Waals surface area contributed by atoms with Gasteiger partial charge >= 0.3 is 6.03 Å². The minimum atomic E-state index is -1.32. The third-order valence-electron chi connectivity index (χ3n) is 2.96. The van der Waals surface area contributed by atoms with Gasteiger partial charge in [-0.3, -0.25) is 15.0 Å². The van der Waals surface area contributed by atoms with Crippen LogP contribution in [0.4, 0.5) is 4.79 Å². The van der Waals surface area contributed by atoms with Crippen LogP contribution in [-0.2, 0) is 9.53 Å². The van der Waals surface area contributed by atoms with Crippen molar-refractivity contribution in [3.63, 3.8) is 0 Å². The second kappa shape index (κ2) is 5.25. The molecule has 9 heteroatoms. The zero-order valence-electron chi connectivity index (χ0n) is 9.19. The number of nitrogens with one attached hydrogen (secondary N) is 1. The summed E-state index contributed by atoms with van der Waals surface area (Å²) in [5.74, 6) is -0.399. The SMILES string of the molecule is O=C1NC(=O)N([C@@H]2O[C@H](CO)[C@@H](O)[C@H]2O)CC1I. The first-order valence-corrected chi connectivity index (χ1v) is 6.58. The van der Waals surface area contributed by atoms with E-state index in [-0.39, 0.29) is 6.54 Å². The van der Waals surface area contributed by atoms with Crippen LogP contribution in [0.3, 0.4) is 0 Å². The van der Waals surface area contributed by atoms with E-state index in [1.165, 1.54) is 0 Å². The number of alkyl halides is 1. The van der Waals surface area contributed by atoms with E-state index in [1.807, 2.05) is 22.6 Å². The topological polar surface area (TPSA) is 119 Å². The number of carbonyl (C=O) groups is 2. The molecular formula is C9H13IN2O6. The van der Waals surface area contributed by atoms with Gasteiger partial charge < -0.3 is 20.1 Å². The summed E-state index contributed by atoms with van der Waals surface area (Å²) < 4.78 is 4.77. The van der Waals surface area contributed by atoms with E-state index in [9.17, 15) is 19.8 Å². The second-order valence-electron chi connectivity index (χ2n) is 4.14. The van der Waals surface area contributed by atoms with Crippen LogP contribution < -0.4 is 5.32 Å². The van der Waals surface area contributed by atoms with Crippen molar-refractivity contribution in [1.29, 1.82) is 0 Å². The number of amides is 3. The van der Waals surface area contributed by atoms with Crippen LogP contribution in [0.2, 0.25) is 0 Å². The van der Waals surface area contributed by atoms with E-state index >= 15 is 0 Å². The quantitative estimate of drug-likeness (QED) is 0.322. The fourth-order valence-electron chi connectivity index (χ4n) is 1.95. The smallest absolute Gasteiger partial charge is 0.326 e. The summed E-state index contributed by atoms with van der Waals surface area (Å²) in [6, 6.07) is -0.678. The maximum absolute atomic E-state index is 11.6. The van der Waals surface area contributed by atoms with E-state index in [1.54, 1.807) is 0 Å². The molecule has 2 rings (SSSR count). The summed E-state index contributed by atoms with van der Waals surface area (Å²) in [6.07, 6.45) is -4.59. The average molecular weight is 372 g/mol. The minimum absolute atomic E-state index is 0.0812. The minimum Gasteiger partial charge on any atom is -0.394 e. The molecule has 4 N–H and O–H groups in total. The Kier molecular flexibility index (Phi) is 4.06. The number of halogens is 1. The number of aliphatic hydroxyl groups excluding tert-OH is 3. The normalized spacial score (nSPS) is 41.1. The van der Waals surface area contributed by atoms with E-state index < -0.39 is 47.0 Å². The van der Waals surface area contributed by atoms with Crippen molar-refractivity contribution in [1.82, 2.24) is 10.2 Å². The molecule has 0 saturated carbocycles. The maximum Gasteiger partial charge on any atom is 0.326 e. The highest BCUT2D eigenvalue weighted by molar-refractivity contribution is 14.1. The molecule has 18 heavy (non-hydrogen) atoms. The van der Waals surface area contributed by atoms with Crippen molar-refractivity contribution >= 4 is 34.5 Å². The molecule has 2 heterocycles. The highest BCUT2D eigenvalue weighted by Crippen LogP contribution is 2.26. The molecule has 0 aromatic rings. The summed E-state index contributed by atoms with van der Waals surface area (Å²) >= 11 is 1.87. The lowest BCUT2D eigenvalue weighted by molar-refractivity contribution is -0.124. The molecule has 5 atom stereocenters. The Morgan fingerprint density at radius 1 is 1.39 bits per heavy atom. The van der Waals surface area contributed by atoms with Gasteiger partial charge in [0.2, 0.25) is 5.91 Å². The number of nitrogens with zero attached hydrogens (tertiary/aromatic N) is 1. The number of hydrogen-bond donors (Lipinski definition) is 4. The van der Waals surface area contributed by atoms with Gasteiger partial charge in [-0.1, -0.05) is 22.6 Å². The summed E-state index contributed by atoms with van der Waals surface area (Å²) in [7, 11) is 0. The number of rotatable bonds is 2. The average Bonchev–Trinajstić information content (AvgIpc) is 2.61. The third-order valence-corrected chi connectivity index (χ3v) is 3.92. The Morgan fingerprint density at radius 2 is 2.06 bits per heavy atom. The van der Waals surface area contributed by atoms with Crippen LogP contribution in [0.1, 0.15) is 0 Å². The first-order valence-electron chi connectivity index (χ1n) is 5.33. The number of aliphatic hydroxyl groups is 3. The lowest BCUT2D eigenvalue weighted by Crippen LogP contribution is -2.60. The number of urea groups is 1. The molecule has 102 valence electrons. The predicted octanol–water partition coefficient (Wildman–Crippen LogP) is -2.22. The fraction of sp³-hybridized carbons (Fsp3) is 0.778. The molecule has 3 amide bonds. The van der Waals surface area contributed by atoms with Crippen LogP contribution in [0.15, 0.2) is 0 Å².